The van der Waals surface area contributed by atoms with E-state index in [4.69, 9.17) is 5.11 Å². The fraction of sp³-hybridized carbons (Fsp3) is 0.444. The smallest absolute Gasteiger partial charge is 0.859 e. The molecule has 96 valence electrons. The molecule has 1 N–H and O–H groups in total. The second kappa shape index (κ2) is 9.95. The summed E-state index contributed by atoms with van der Waals surface area (Å²) in [4.78, 5) is 27.4. The molecule has 0 aromatic carbocycles. The van der Waals surface area contributed by atoms with E-state index in [1.54, 1.807) is 19.6 Å². The van der Waals surface area contributed by atoms with Crippen molar-refractivity contribution in [3.05, 3.63) is 18.1 Å². The van der Waals surface area contributed by atoms with Gasteiger partial charge in [-0.1, -0.05) is 28.0 Å². The van der Waals surface area contributed by atoms with Gasteiger partial charge in [0.05, 0.1) is 12.4 Å². The van der Waals surface area contributed by atoms with E-state index in [9.17, 15) is 14.0 Å². The van der Waals surface area contributed by atoms with Crippen molar-refractivity contribution in [2.45, 2.75) is 19.6 Å². The molecular weight excluding hydrogens is 286 g/mol. The van der Waals surface area contributed by atoms with Crippen LogP contribution in [0.1, 0.15) is 10.5 Å². The Morgan fingerprint density at radius 2 is 1.94 bits per heavy atom. The molecule has 0 atom stereocenters. The number of hydrogen-bond acceptors (Lipinski definition) is 5. The summed E-state index contributed by atoms with van der Waals surface area (Å²) in [6.07, 6.45) is 2.04. The molecule has 0 aliphatic carbocycles. The predicted molar refractivity (Wildman–Crippen MR) is 58.9 cm³/mol. The number of alkyl halides is 1. The van der Waals surface area contributed by atoms with Gasteiger partial charge in [-0.15, -0.1) is 0 Å². The molecule has 0 aliphatic heterocycles. The Bertz CT molecular complexity index is 353. The number of halogens is 1. The van der Waals surface area contributed by atoms with E-state index in [2.05, 4.69) is 14.7 Å². The van der Waals surface area contributed by atoms with Crippen LogP contribution in [0.2, 0.25) is 19.6 Å². The molecule has 6 nitrogen and oxygen atoms in total. The van der Waals surface area contributed by atoms with Gasteiger partial charge in [-0.2, -0.15) is 0 Å². The molecule has 0 saturated carbocycles. The minimum absolute atomic E-state index is 0. The second-order valence-corrected chi connectivity index (χ2v) is 8.14. The van der Waals surface area contributed by atoms with Gasteiger partial charge in [0.2, 0.25) is 12.7 Å². The van der Waals surface area contributed by atoms with Gasteiger partial charge in [0, 0.05) is 0 Å². The summed E-state index contributed by atoms with van der Waals surface area (Å²) in [5.41, 5.74) is -0.207. The fourth-order valence-corrected chi connectivity index (χ4v) is 0.557. The third-order valence-corrected chi connectivity index (χ3v) is 1.05. The van der Waals surface area contributed by atoms with Crippen LogP contribution in [-0.2, 0) is 0 Å². The number of hydrogen-bond donors (Lipinski definition) is 1. The summed E-state index contributed by atoms with van der Waals surface area (Å²) in [5, 5.41) is 8.39. The maximum absolute atomic E-state index is 11.5. The second-order valence-electron chi connectivity index (χ2n) is 3.91. The number of carbonyl (C=O) groups is 1. The summed E-state index contributed by atoms with van der Waals surface area (Å²) < 4.78 is 15.8. The largest absolute Gasteiger partial charge is 1.00 e. The molecule has 0 unspecified atom stereocenters. The van der Waals surface area contributed by atoms with Crippen LogP contribution in [0.25, 0.3) is 0 Å². The summed E-state index contributed by atoms with van der Waals surface area (Å²) in [7, 11) is -1.86. The number of ether oxygens (including phenoxy) is 1. The van der Waals surface area contributed by atoms with E-state index in [1.165, 1.54) is 0 Å². The molecule has 1 heterocycles. The molecule has 1 aromatic heterocycles. The van der Waals surface area contributed by atoms with Gasteiger partial charge in [0.1, 0.15) is 0 Å². The van der Waals surface area contributed by atoms with E-state index < -0.39 is 21.1 Å². The summed E-state index contributed by atoms with van der Waals surface area (Å²) in [6.45, 7) is 4.30. The molecule has 18 heavy (non-hydrogen) atoms. The molecule has 0 radical (unpaired) electrons. The monoisotopic (exact) mass is 300 g/mol. The van der Waals surface area contributed by atoms with Crippen LogP contribution in [0, 0.1) is 0 Å². The third-order valence-electron chi connectivity index (χ3n) is 1.05. The molecule has 0 aliphatic rings. The number of carboxylic acid groups (broad SMARTS) is 1. The van der Waals surface area contributed by atoms with Crippen LogP contribution in [-0.4, -0.2) is 36.2 Å². The first-order chi connectivity index (χ1) is 7.74. The van der Waals surface area contributed by atoms with Crippen molar-refractivity contribution in [2.75, 3.05) is 6.86 Å². The standard InChI is InChI=1S/C6H5FN2O3.C3H9OSi.K/c7-3-12-5-2-8-4(1-9-5)6(10)11;1-5(2,3)4;/h1-2H,3H2,(H,10,11);1-3H3;/q;-1;+1. The van der Waals surface area contributed by atoms with Crippen molar-refractivity contribution >= 4 is 14.3 Å². The van der Waals surface area contributed by atoms with E-state index >= 15 is 0 Å². The van der Waals surface area contributed by atoms with Gasteiger partial charge < -0.3 is 14.6 Å². The Labute approximate surface area is 148 Å². The van der Waals surface area contributed by atoms with E-state index in [0.29, 0.717) is 0 Å². The summed E-state index contributed by atoms with van der Waals surface area (Å²) in [6, 6.07) is 0. The van der Waals surface area contributed by atoms with Crippen LogP contribution in [0.4, 0.5) is 4.39 Å². The molecule has 9 heteroatoms. The number of nitrogens with zero attached hydrogens (tertiary/aromatic N) is 2. The summed E-state index contributed by atoms with van der Waals surface area (Å²) in [5.74, 6) is -1.23. The molecule has 1 aromatic rings. The zero-order valence-corrected chi connectivity index (χ0v) is 14.9. The molecule has 0 amide bonds. The number of aromatic carboxylic acids is 1. The Hall–Kier alpha value is 0.0932. The first-order valence-corrected chi connectivity index (χ1v) is 8.09. The summed E-state index contributed by atoms with van der Waals surface area (Å²) >= 11 is 0. The van der Waals surface area contributed by atoms with Gasteiger partial charge in [-0.25, -0.2) is 19.2 Å². The van der Waals surface area contributed by atoms with Gasteiger partial charge in [0.15, 0.2) is 5.69 Å². The van der Waals surface area contributed by atoms with Gasteiger partial charge in [-0.3, -0.25) is 0 Å². The number of rotatable bonds is 3. The van der Waals surface area contributed by atoms with Gasteiger partial charge in [0.25, 0.3) is 0 Å². The Morgan fingerprint density at radius 3 is 2.22 bits per heavy atom. The van der Waals surface area contributed by atoms with Crippen molar-refractivity contribution < 1.29 is 75.2 Å². The van der Waals surface area contributed by atoms with Gasteiger partial charge >= 0.3 is 57.4 Å². The van der Waals surface area contributed by atoms with Crippen LogP contribution in [0.3, 0.4) is 0 Å². The Morgan fingerprint density at radius 1 is 1.44 bits per heavy atom. The van der Waals surface area contributed by atoms with Crippen LogP contribution in [0.5, 0.6) is 5.88 Å². The number of carboxylic acids is 1. The fourth-order valence-electron chi connectivity index (χ4n) is 0.557. The van der Waals surface area contributed by atoms with E-state index in [1.807, 2.05) is 0 Å². The molecule has 1 rings (SSSR count). The van der Waals surface area contributed by atoms with Crippen molar-refractivity contribution in [2.24, 2.45) is 0 Å². The average Bonchev–Trinajstić information content (AvgIpc) is 2.16. The molecule has 0 saturated heterocycles. The van der Waals surface area contributed by atoms with Crippen molar-refractivity contribution in [3.63, 3.8) is 0 Å². The zero-order chi connectivity index (χ0) is 13.5. The SMILES string of the molecule is C[Si](C)(C)[O-].O=C(O)c1cnc(OCF)cn1.[K+]. The van der Waals surface area contributed by atoms with Gasteiger partial charge in [-0.05, 0) is 0 Å². The zero-order valence-electron chi connectivity index (χ0n) is 10.8. The first kappa shape index (κ1) is 20.4. The van der Waals surface area contributed by atoms with Crippen LogP contribution < -0.4 is 60.9 Å². The minimum atomic E-state index is -1.86. The first-order valence-electron chi connectivity index (χ1n) is 4.68. The average molecular weight is 300 g/mol. The topological polar surface area (TPSA) is 95.4 Å². The minimum Gasteiger partial charge on any atom is -0.859 e. The Kier molecular flexibility index (Phi) is 11.3. The van der Waals surface area contributed by atoms with Crippen LogP contribution >= 0.6 is 0 Å². The maximum Gasteiger partial charge on any atom is 1.00 e. The van der Waals surface area contributed by atoms with E-state index in [-0.39, 0.29) is 63.0 Å². The molecule has 0 spiro atoms. The quantitative estimate of drug-likeness (QED) is 0.629. The maximum atomic E-state index is 11.5. The number of aromatic nitrogens is 2. The molecule has 0 bridgehead atoms. The normalized spacial score (nSPS) is 9.61. The van der Waals surface area contributed by atoms with E-state index in [0.717, 1.165) is 12.4 Å². The van der Waals surface area contributed by atoms with Crippen LogP contribution in [0.15, 0.2) is 12.4 Å². The van der Waals surface area contributed by atoms with Crippen molar-refractivity contribution in [1.29, 1.82) is 0 Å². The third kappa shape index (κ3) is 12.5. The van der Waals surface area contributed by atoms with Crippen molar-refractivity contribution in [1.82, 2.24) is 9.97 Å². The predicted octanol–water partition coefficient (Wildman–Crippen LogP) is -2.33. The molecular formula is C9H14FKN2O4Si. The van der Waals surface area contributed by atoms with Crippen molar-refractivity contribution in [3.8, 4) is 5.88 Å². The Balaban J connectivity index is 0. The molecule has 0 fully saturated rings.